The summed E-state index contributed by atoms with van der Waals surface area (Å²) in [6.07, 6.45) is 4.03. The Balaban J connectivity index is 1.83. The van der Waals surface area contributed by atoms with Gasteiger partial charge in [0.15, 0.2) is 0 Å². The first-order valence-corrected chi connectivity index (χ1v) is 8.95. The maximum absolute atomic E-state index is 12.3. The van der Waals surface area contributed by atoms with Crippen molar-refractivity contribution in [3.05, 3.63) is 56.4 Å². The Labute approximate surface area is 165 Å². The number of non-ortho nitro benzene ring substituents is 1. The number of anilines is 2. The molecule has 152 valence electrons. The van der Waals surface area contributed by atoms with Crippen LogP contribution in [-0.4, -0.2) is 38.3 Å². The predicted molar refractivity (Wildman–Crippen MR) is 104 cm³/mol. The predicted octanol–water partition coefficient (Wildman–Crippen LogP) is 2.43. The number of amides is 1. The third-order valence-electron chi connectivity index (χ3n) is 4.67. The highest BCUT2D eigenvalue weighted by Gasteiger charge is 2.31. The van der Waals surface area contributed by atoms with E-state index in [-0.39, 0.29) is 34.6 Å². The summed E-state index contributed by atoms with van der Waals surface area (Å²) in [5, 5.41) is 22.5. The van der Waals surface area contributed by atoms with Gasteiger partial charge in [-0.25, -0.2) is 9.97 Å². The van der Waals surface area contributed by atoms with E-state index in [1.165, 1.54) is 24.5 Å². The number of nitrogens with one attached hydrogen (secondary N) is 2. The number of nitro groups is 2. The smallest absolute Gasteiger partial charge is 0.348 e. The molecule has 0 saturated carbocycles. The van der Waals surface area contributed by atoms with E-state index in [4.69, 9.17) is 0 Å². The minimum Gasteiger partial charge on any atom is -0.348 e. The SMILES string of the molecule is CC1CCCCN1c1ncnc(NNC(=O)c2cccc([N+](=O)[O-])c2)c1[N+](=O)[O-]. The lowest BCUT2D eigenvalue weighted by atomic mass is 10.0. The van der Waals surface area contributed by atoms with Gasteiger partial charge in [-0.1, -0.05) is 6.07 Å². The van der Waals surface area contributed by atoms with E-state index in [2.05, 4.69) is 20.8 Å². The monoisotopic (exact) mass is 401 g/mol. The van der Waals surface area contributed by atoms with Gasteiger partial charge in [0.2, 0.25) is 11.6 Å². The van der Waals surface area contributed by atoms with Gasteiger partial charge in [0.05, 0.1) is 9.85 Å². The van der Waals surface area contributed by atoms with Crippen LogP contribution in [-0.2, 0) is 0 Å². The first-order chi connectivity index (χ1) is 13.9. The molecule has 1 amide bonds. The second-order valence-electron chi connectivity index (χ2n) is 6.58. The van der Waals surface area contributed by atoms with Gasteiger partial charge >= 0.3 is 5.69 Å². The Hall–Kier alpha value is -3.83. The van der Waals surface area contributed by atoms with Gasteiger partial charge in [-0.15, -0.1) is 0 Å². The molecular weight excluding hydrogens is 382 g/mol. The van der Waals surface area contributed by atoms with Crippen molar-refractivity contribution >= 4 is 28.9 Å². The van der Waals surface area contributed by atoms with Gasteiger partial charge in [-0.05, 0) is 32.3 Å². The average molecular weight is 401 g/mol. The zero-order valence-electron chi connectivity index (χ0n) is 15.6. The van der Waals surface area contributed by atoms with Crippen LogP contribution < -0.4 is 15.8 Å². The highest BCUT2D eigenvalue weighted by molar-refractivity contribution is 5.95. The summed E-state index contributed by atoms with van der Waals surface area (Å²) in [6.45, 7) is 2.61. The summed E-state index contributed by atoms with van der Waals surface area (Å²) in [4.78, 5) is 43.5. The Morgan fingerprint density at radius 2 is 2.00 bits per heavy atom. The molecule has 2 aromatic rings. The molecule has 2 N–H and O–H groups in total. The van der Waals surface area contributed by atoms with Crippen LogP contribution in [0.5, 0.6) is 0 Å². The first kappa shape index (κ1) is 19.9. The van der Waals surface area contributed by atoms with Crippen LogP contribution in [0.1, 0.15) is 36.5 Å². The van der Waals surface area contributed by atoms with Crippen molar-refractivity contribution in [2.24, 2.45) is 0 Å². The van der Waals surface area contributed by atoms with E-state index < -0.39 is 15.8 Å². The Morgan fingerprint density at radius 1 is 1.21 bits per heavy atom. The van der Waals surface area contributed by atoms with E-state index in [1.807, 2.05) is 11.8 Å². The zero-order chi connectivity index (χ0) is 21.0. The normalized spacial score (nSPS) is 16.2. The molecular formula is C17H19N7O5. The molecule has 1 aliphatic rings. The highest BCUT2D eigenvalue weighted by Crippen LogP contribution is 2.34. The molecule has 3 rings (SSSR count). The number of aromatic nitrogens is 2. The number of carbonyl (C=O) groups excluding carboxylic acids is 1. The molecule has 1 atom stereocenters. The fourth-order valence-electron chi connectivity index (χ4n) is 3.20. The van der Waals surface area contributed by atoms with Crippen molar-refractivity contribution in [3.8, 4) is 0 Å². The zero-order valence-corrected chi connectivity index (χ0v) is 15.6. The van der Waals surface area contributed by atoms with Crippen molar-refractivity contribution < 1.29 is 14.6 Å². The second-order valence-corrected chi connectivity index (χ2v) is 6.58. The molecule has 12 nitrogen and oxygen atoms in total. The fourth-order valence-corrected chi connectivity index (χ4v) is 3.20. The summed E-state index contributed by atoms with van der Waals surface area (Å²) >= 11 is 0. The lowest BCUT2D eigenvalue weighted by Crippen LogP contribution is -2.38. The number of hydrogen-bond acceptors (Lipinski definition) is 9. The van der Waals surface area contributed by atoms with E-state index >= 15 is 0 Å². The molecule has 1 unspecified atom stereocenters. The van der Waals surface area contributed by atoms with Crippen LogP contribution in [0.4, 0.5) is 23.0 Å². The number of benzene rings is 1. The van der Waals surface area contributed by atoms with Gasteiger partial charge in [0.25, 0.3) is 11.6 Å². The third kappa shape index (κ3) is 4.36. The van der Waals surface area contributed by atoms with E-state index in [9.17, 15) is 25.0 Å². The number of rotatable bonds is 6. The number of piperidine rings is 1. The van der Waals surface area contributed by atoms with Crippen LogP contribution in [0.3, 0.4) is 0 Å². The lowest BCUT2D eigenvalue weighted by molar-refractivity contribution is -0.384. The molecule has 0 bridgehead atoms. The molecule has 1 saturated heterocycles. The Kier molecular flexibility index (Phi) is 5.81. The van der Waals surface area contributed by atoms with E-state index in [0.29, 0.717) is 6.54 Å². The number of nitrogens with zero attached hydrogens (tertiary/aromatic N) is 5. The van der Waals surface area contributed by atoms with Crippen molar-refractivity contribution in [3.63, 3.8) is 0 Å². The minimum absolute atomic E-state index is 0.0216. The quantitative estimate of drug-likeness (QED) is 0.548. The van der Waals surface area contributed by atoms with Crippen LogP contribution in [0, 0.1) is 20.2 Å². The topological polar surface area (TPSA) is 156 Å². The van der Waals surface area contributed by atoms with Crippen molar-refractivity contribution in [1.82, 2.24) is 15.4 Å². The molecule has 12 heteroatoms. The molecule has 1 aromatic carbocycles. The Bertz CT molecular complexity index is 952. The van der Waals surface area contributed by atoms with Crippen LogP contribution >= 0.6 is 0 Å². The summed E-state index contributed by atoms with van der Waals surface area (Å²) in [6, 6.07) is 5.21. The summed E-state index contributed by atoms with van der Waals surface area (Å²) in [5.41, 5.74) is 4.17. The summed E-state index contributed by atoms with van der Waals surface area (Å²) < 4.78 is 0. The third-order valence-corrected chi connectivity index (χ3v) is 4.67. The molecule has 1 aromatic heterocycles. The van der Waals surface area contributed by atoms with Crippen LogP contribution in [0.2, 0.25) is 0 Å². The van der Waals surface area contributed by atoms with Crippen molar-refractivity contribution in [2.75, 3.05) is 16.9 Å². The molecule has 1 fully saturated rings. The number of carbonyl (C=O) groups is 1. The molecule has 29 heavy (non-hydrogen) atoms. The lowest BCUT2D eigenvalue weighted by Gasteiger charge is -2.33. The standard InChI is InChI=1S/C17H19N7O5/c1-11-5-2-3-8-22(11)16-14(24(28)29)15(18-10-19-16)20-21-17(25)12-6-4-7-13(9-12)23(26)27/h4,6-7,9-11H,2-3,5,8H2,1H3,(H,21,25)(H,18,19,20). The molecule has 1 aliphatic heterocycles. The molecule has 0 radical (unpaired) electrons. The Morgan fingerprint density at radius 3 is 2.69 bits per heavy atom. The number of hydrogen-bond donors (Lipinski definition) is 2. The molecule has 0 spiro atoms. The average Bonchev–Trinajstić information content (AvgIpc) is 2.72. The largest absolute Gasteiger partial charge is 0.355 e. The number of nitro benzene ring substituents is 1. The van der Waals surface area contributed by atoms with Gasteiger partial charge in [-0.3, -0.25) is 35.9 Å². The molecule has 0 aliphatic carbocycles. The molecule has 2 heterocycles. The van der Waals surface area contributed by atoms with E-state index in [1.54, 1.807) is 0 Å². The van der Waals surface area contributed by atoms with Gasteiger partial charge in [0, 0.05) is 30.3 Å². The van der Waals surface area contributed by atoms with Crippen LogP contribution in [0.25, 0.3) is 0 Å². The number of hydrazine groups is 1. The minimum atomic E-state index is -0.700. The van der Waals surface area contributed by atoms with Crippen molar-refractivity contribution in [1.29, 1.82) is 0 Å². The van der Waals surface area contributed by atoms with Gasteiger partial charge in [0.1, 0.15) is 6.33 Å². The summed E-state index contributed by atoms with van der Waals surface area (Å²) in [5.74, 6) is -0.685. The van der Waals surface area contributed by atoms with Gasteiger partial charge in [-0.2, -0.15) is 0 Å². The second kappa shape index (κ2) is 8.46. The van der Waals surface area contributed by atoms with Gasteiger partial charge < -0.3 is 4.90 Å². The fraction of sp³-hybridized carbons (Fsp3) is 0.353. The van der Waals surface area contributed by atoms with Crippen molar-refractivity contribution in [2.45, 2.75) is 32.2 Å². The highest BCUT2D eigenvalue weighted by atomic mass is 16.6. The maximum Gasteiger partial charge on any atom is 0.355 e. The van der Waals surface area contributed by atoms with Crippen LogP contribution in [0.15, 0.2) is 30.6 Å². The summed E-state index contributed by atoms with van der Waals surface area (Å²) in [7, 11) is 0. The maximum atomic E-state index is 12.3. The van der Waals surface area contributed by atoms with E-state index in [0.717, 1.165) is 25.3 Å². The first-order valence-electron chi connectivity index (χ1n) is 8.95.